The molecule has 1 aliphatic heterocycles. The minimum atomic E-state index is -0.273. The van der Waals surface area contributed by atoms with Gasteiger partial charge in [-0.15, -0.1) is 22.7 Å². The first-order valence-corrected chi connectivity index (χ1v) is 11.5. The largest absolute Gasteiger partial charge is 0.343 e. The van der Waals surface area contributed by atoms with E-state index in [1.54, 1.807) is 34.8 Å². The zero-order chi connectivity index (χ0) is 20.1. The molecule has 4 rings (SSSR count). The molecule has 1 atom stereocenters. The van der Waals surface area contributed by atoms with Crippen LogP contribution in [0.2, 0.25) is 0 Å². The molecule has 1 saturated heterocycles. The van der Waals surface area contributed by atoms with Crippen molar-refractivity contribution in [2.24, 2.45) is 0 Å². The van der Waals surface area contributed by atoms with Crippen LogP contribution in [0, 0.1) is 5.82 Å². The Hall–Kier alpha value is -2.06. The Balaban J connectivity index is 1.32. The molecule has 0 saturated carbocycles. The highest BCUT2D eigenvalue weighted by atomic mass is 32.1. The summed E-state index contributed by atoms with van der Waals surface area (Å²) in [6, 6.07) is 14.3. The van der Waals surface area contributed by atoms with Gasteiger partial charge in [-0.3, -0.25) is 14.6 Å². The van der Waals surface area contributed by atoms with E-state index >= 15 is 0 Å². The fraction of sp³-hybridized carbons (Fsp3) is 0.318. The molecular formula is C22H24FN3OS2. The third-order valence-electron chi connectivity index (χ3n) is 5.13. The number of carbonyl (C=O) groups is 1. The number of nitrogens with zero attached hydrogens (tertiary/aromatic N) is 2. The predicted molar refractivity (Wildman–Crippen MR) is 117 cm³/mol. The molecule has 2 aromatic heterocycles. The number of benzene rings is 1. The average molecular weight is 430 g/mol. The summed E-state index contributed by atoms with van der Waals surface area (Å²) >= 11 is 3.38. The molecule has 0 bridgehead atoms. The lowest BCUT2D eigenvalue weighted by Crippen LogP contribution is -2.49. The van der Waals surface area contributed by atoms with Crippen LogP contribution in [0.5, 0.6) is 0 Å². The van der Waals surface area contributed by atoms with Crippen LogP contribution in [0.25, 0.3) is 0 Å². The summed E-state index contributed by atoms with van der Waals surface area (Å²) in [5, 5.41) is 7.25. The number of carbonyl (C=O) groups excluding carboxylic acids is 1. The summed E-state index contributed by atoms with van der Waals surface area (Å²) in [4.78, 5) is 19.8. The van der Waals surface area contributed by atoms with Crippen LogP contribution in [0.15, 0.2) is 59.3 Å². The quantitative estimate of drug-likeness (QED) is 0.617. The first-order chi connectivity index (χ1) is 14.2. The topological polar surface area (TPSA) is 35.6 Å². The molecule has 0 aliphatic carbocycles. The van der Waals surface area contributed by atoms with Gasteiger partial charge in [-0.1, -0.05) is 24.3 Å². The van der Waals surface area contributed by atoms with Crippen molar-refractivity contribution >= 4 is 28.6 Å². The Labute approximate surface area is 178 Å². The van der Waals surface area contributed by atoms with Gasteiger partial charge in [-0.25, -0.2) is 4.39 Å². The lowest BCUT2D eigenvalue weighted by Gasteiger charge is -2.34. The fourth-order valence-electron chi connectivity index (χ4n) is 3.57. The number of halogens is 1. The molecule has 1 amide bonds. The summed E-state index contributed by atoms with van der Waals surface area (Å²) in [6.45, 7) is 5.09. The lowest BCUT2D eigenvalue weighted by atomic mass is 10.1. The van der Waals surface area contributed by atoms with E-state index in [1.807, 2.05) is 17.5 Å². The van der Waals surface area contributed by atoms with E-state index < -0.39 is 0 Å². The van der Waals surface area contributed by atoms with Crippen LogP contribution < -0.4 is 5.32 Å². The Morgan fingerprint density at radius 3 is 2.31 bits per heavy atom. The Kier molecular flexibility index (Phi) is 6.71. The SMILES string of the molecule is O=C(CN1CCN(Cc2cccs2)CC1)NC(c1ccc(F)cc1)c1cccs1. The second kappa shape index (κ2) is 9.63. The Morgan fingerprint density at radius 2 is 1.66 bits per heavy atom. The monoisotopic (exact) mass is 429 g/mol. The molecule has 1 aromatic carbocycles. The second-order valence-corrected chi connectivity index (χ2v) is 9.21. The molecule has 1 unspecified atom stereocenters. The number of piperazine rings is 1. The van der Waals surface area contributed by atoms with Crippen molar-refractivity contribution in [3.8, 4) is 0 Å². The molecule has 3 aromatic rings. The van der Waals surface area contributed by atoms with Gasteiger partial charge in [-0.2, -0.15) is 0 Å². The van der Waals surface area contributed by atoms with Crippen molar-refractivity contribution in [1.29, 1.82) is 0 Å². The highest BCUT2D eigenvalue weighted by Crippen LogP contribution is 2.26. The maximum atomic E-state index is 13.3. The first-order valence-electron chi connectivity index (χ1n) is 9.73. The van der Waals surface area contributed by atoms with Gasteiger partial charge in [0.1, 0.15) is 5.82 Å². The maximum Gasteiger partial charge on any atom is 0.234 e. The number of thiophene rings is 2. The van der Waals surface area contributed by atoms with Crippen molar-refractivity contribution in [2.75, 3.05) is 32.7 Å². The Morgan fingerprint density at radius 1 is 0.966 bits per heavy atom. The molecule has 0 spiro atoms. The van der Waals surface area contributed by atoms with Gasteiger partial charge in [0.05, 0.1) is 12.6 Å². The van der Waals surface area contributed by atoms with Gasteiger partial charge >= 0.3 is 0 Å². The molecule has 3 heterocycles. The van der Waals surface area contributed by atoms with Crippen molar-refractivity contribution in [3.05, 3.63) is 80.4 Å². The zero-order valence-corrected chi connectivity index (χ0v) is 17.7. The molecule has 152 valence electrons. The molecule has 29 heavy (non-hydrogen) atoms. The second-order valence-electron chi connectivity index (χ2n) is 7.20. The van der Waals surface area contributed by atoms with Crippen LogP contribution >= 0.6 is 22.7 Å². The molecule has 4 nitrogen and oxygen atoms in total. The number of hydrogen-bond acceptors (Lipinski definition) is 5. The summed E-state index contributed by atoms with van der Waals surface area (Å²) < 4.78 is 13.3. The first kappa shape index (κ1) is 20.2. The molecular weight excluding hydrogens is 405 g/mol. The highest BCUT2D eigenvalue weighted by Gasteiger charge is 2.22. The molecule has 1 fully saturated rings. The molecule has 7 heteroatoms. The third-order valence-corrected chi connectivity index (χ3v) is 6.93. The predicted octanol–water partition coefficient (Wildman–Crippen LogP) is 3.97. The number of nitrogens with one attached hydrogen (secondary N) is 1. The number of hydrogen-bond donors (Lipinski definition) is 1. The van der Waals surface area contributed by atoms with Gasteiger partial charge in [0.25, 0.3) is 0 Å². The van der Waals surface area contributed by atoms with Gasteiger partial charge in [0.2, 0.25) is 5.91 Å². The van der Waals surface area contributed by atoms with Gasteiger partial charge in [0, 0.05) is 42.5 Å². The average Bonchev–Trinajstić information content (AvgIpc) is 3.43. The van der Waals surface area contributed by atoms with Crippen LogP contribution in [-0.4, -0.2) is 48.4 Å². The van der Waals surface area contributed by atoms with Crippen LogP contribution in [-0.2, 0) is 11.3 Å². The zero-order valence-electron chi connectivity index (χ0n) is 16.1. The Bertz CT molecular complexity index is 889. The standard InChI is InChI=1S/C22H24FN3OS2/c23-18-7-5-17(6-8-18)22(20-4-2-14-29-20)24-21(27)16-26-11-9-25(10-12-26)15-19-3-1-13-28-19/h1-8,13-14,22H,9-12,15-16H2,(H,24,27). The van der Waals surface area contributed by atoms with E-state index in [-0.39, 0.29) is 17.8 Å². The van der Waals surface area contributed by atoms with Crippen molar-refractivity contribution < 1.29 is 9.18 Å². The van der Waals surface area contributed by atoms with Crippen molar-refractivity contribution in [2.45, 2.75) is 12.6 Å². The van der Waals surface area contributed by atoms with Crippen molar-refractivity contribution in [1.82, 2.24) is 15.1 Å². The molecule has 1 N–H and O–H groups in total. The van der Waals surface area contributed by atoms with Gasteiger partial charge < -0.3 is 5.32 Å². The highest BCUT2D eigenvalue weighted by molar-refractivity contribution is 7.10. The van der Waals surface area contributed by atoms with Gasteiger partial charge in [0.15, 0.2) is 0 Å². The smallest absolute Gasteiger partial charge is 0.234 e. The molecule has 0 radical (unpaired) electrons. The van der Waals surface area contributed by atoms with E-state index in [4.69, 9.17) is 0 Å². The van der Waals surface area contributed by atoms with Crippen LogP contribution in [0.3, 0.4) is 0 Å². The van der Waals surface area contributed by atoms with E-state index in [0.29, 0.717) is 6.54 Å². The summed E-state index contributed by atoms with van der Waals surface area (Å²) in [6.07, 6.45) is 0. The van der Waals surface area contributed by atoms with Crippen LogP contribution in [0.1, 0.15) is 21.4 Å². The van der Waals surface area contributed by atoms with E-state index in [9.17, 15) is 9.18 Å². The van der Waals surface area contributed by atoms with Crippen LogP contribution in [0.4, 0.5) is 4.39 Å². The third kappa shape index (κ3) is 5.51. The minimum absolute atomic E-state index is 0.000526. The van der Waals surface area contributed by atoms with Gasteiger partial charge in [-0.05, 0) is 40.6 Å². The minimum Gasteiger partial charge on any atom is -0.343 e. The number of rotatable bonds is 7. The van der Waals surface area contributed by atoms with Crippen molar-refractivity contribution in [3.63, 3.8) is 0 Å². The summed E-state index contributed by atoms with van der Waals surface area (Å²) in [7, 11) is 0. The number of amides is 1. The van der Waals surface area contributed by atoms with E-state index in [0.717, 1.165) is 43.2 Å². The normalized spacial score (nSPS) is 16.6. The summed E-state index contributed by atoms with van der Waals surface area (Å²) in [5.41, 5.74) is 0.892. The molecule has 1 aliphatic rings. The van der Waals surface area contributed by atoms with E-state index in [2.05, 4.69) is 32.6 Å². The van der Waals surface area contributed by atoms with E-state index in [1.165, 1.54) is 17.0 Å². The fourth-order valence-corrected chi connectivity index (χ4v) is 5.12. The summed E-state index contributed by atoms with van der Waals surface area (Å²) in [5.74, 6) is -0.273. The lowest BCUT2D eigenvalue weighted by molar-refractivity contribution is -0.123. The maximum absolute atomic E-state index is 13.3.